The Morgan fingerprint density at radius 3 is 2.55 bits per heavy atom. The van der Waals surface area contributed by atoms with E-state index in [0.717, 1.165) is 31.1 Å². The standard InChI is InChI=1S/C31H45N3O7S/c1-22-19-34(23(2)21-35)31(37)27-18-26(32-42(5,38)39)14-15-28(27)41-24(3)11-9-10-16-40-29(22)20-33(4)30(36)17-25-12-7-6-8-13-25/h6-8,12-15,18,22-24,29,32,35H,9-11,16-17,19-21H2,1-5H3/t22-,23-,24+,29+/m0/s1. The molecule has 2 aromatic carbocycles. The van der Waals surface area contributed by atoms with Crippen molar-refractivity contribution in [2.24, 2.45) is 5.92 Å². The van der Waals surface area contributed by atoms with Crippen molar-refractivity contribution in [3.63, 3.8) is 0 Å². The molecule has 11 heteroatoms. The van der Waals surface area contributed by atoms with Crippen LogP contribution in [0, 0.1) is 5.92 Å². The number of anilines is 1. The monoisotopic (exact) mass is 603 g/mol. The number of hydrogen-bond donors (Lipinski definition) is 2. The zero-order valence-corrected chi connectivity index (χ0v) is 26.1. The molecule has 0 spiro atoms. The zero-order chi connectivity index (χ0) is 30.9. The van der Waals surface area contributed by atoms with Crippen LogP contribution in [0.15, 0.2) is 48.5 Å². The fraction of sp³-hybridized carbons (Fsp3) is 0.548. The lowest BCUT2D eigenvalue weighted by molar-refractivity contribution is -0.131. The van der Waals surface area contributed by atoms with Gasteiger partial charge >= 0.3 is 0 Å². The van der Waals surface area contributed by atoms with E-state index in [-0.39, 0.29) is 54.9 Å². The molecule has 0 unspecified atom stereocenters. The average Bonchev–Trinajstić information content (AvgIpc) is 2.94. The van der Waals surface area contributed by atoms with E-state index in [4.69, 9.17) is 9.47 Å². The normalized spacial score (nSPS) is 21.4. The highest BCUT2D eigenvalue weighted by Crippen LogP contribution is 2.29. The summed E-state index contributed by atoms with van der Waals surface area (Å²) >= 11 is 0. The second-order valence-corrected chi connectivity index (χ2v) is 13.1. The number of sulfonamides is 1. The van der Waals surface area contributed by atoms with E-state index < -0.39 is 22.0 Å². The Morgan fingerprint density at radius 2 is 1.88 bits per heavy atom. The molecule has 0 bridgehead atoms. The van der Waals surface area contributed by atoms with Crippen molar-refractivity contribution in [3.8, 4) is 5.75 Å². The maximum Gasteiger partial charge on any atom is 0.258 e. The first-order chi connectivity index (χ1) is 19.9. The van der Waals surface area contributed by atoms with Crippen molar-refractivity contribution < 1.29 is 32.6 Å². The van der Waals surface area contributed by atoms with Crippen LogP contribution in [0.3, 0.4) is 0 Å². The summed E-state index contributed by atoms with van der Waals surface area (Å²) in [7, 11) is -1.81. The van der Waals surface area contributed by atoms with Crippen molar-refractivity contribution in [2.75, 3.05) is 44.3 Å². The highest BCUT2D eigenvalue weighted by molar-refractivity contribution is 7.92. The lowest BCUT2D eigenvalue weighted by Gasteiger charge is -2.36. The number of fused-ring (bicyclic) bond motifs is 1. The number of rotatable bonds is 8. The van der Waals surface area contributed by atoms with Gasteiger partial charge in [-0.15, -0.1) is 0 Å². The Morgan fingerprint density at radius 1 is 1.17 bits per heavy atom. The van der Waals surface area contributed by atoms with Crippen molar-refractivity contribution in [1.82, 2.24) is 9.80 Å². The predicted octanol–water partition coefficient (Wildman–Crippen LogP) is 3.55. The second kappa shape index (κ2) is 15.4. The average molecular weight is 604 g/mol. The zero-order valence-electron chi connectivity index (χ0n) is 25.3. The van der Waals surface area contributed by atoms with Gasteiger partial charge in [0.2, 0.25) is 15.9 Å². The van der Waals surface area contributed by atoms with Gasteiger partial charge in [0.05, 0.1) is 43.1 Å². The van der Waals surface area contributed by atoms with Gasteiger partial charge in [-0.3, -0.25) is 14.3 Å². The van der Waals surface area contributed by atoms with Crippen LogP contribution in [-0.2, 0) is 26.0 Å². The molecule has 0 saturated heterocycles. The predicted molar refractivity (Wildman–Crippen MR) is 163 cm³/mol. The van der Waals surface area contributed by atoms with E-state index in [1.807, 2.05) is 44.2 Å². The molecule has 0 aromatic heterocycles. The van der Waals surface area contributed by atoms with Gasteiger partial charge in [-0.05, 0) is 56.9 Å². The fourth-order valence-electron chi connectivity index (χ4n) is 4.94. The number of ether oxygens (including phenoxy) is 2. The number of aliphatic hydroxyl groups excluding tert-OH is 1. The van der Waals surface area contributed by atoms with Crippen LogP contribution >= 0.6 is 0 Å². The molecular formula is C31H45N3O7S. The van der Waals surface area contributed by atoms with Gasteiger partial charge in [0.15, 0.2) is 0 Å². The van der Waals surface area contributed by atoms with Crippen molar-refractivity contribution in [2.45, 2.75) is 64.7 Å². The van der Waals surface area contributed by atoms with Gasteiger partial charge in [0.25, 0.3) is 5.91 Å². The molecule has 0 saturated carbocycles. The lowest BCUT2D eigenvalue weighted by atomic mass is 10.0. The van der Waals surface area contributed by atoms with Crippen LogP contribution in [0.25, 0.3) is 0 Å². The summed E-state index contributed by atoms with van der Waals surface area (Å²) in [4.78, 5) is 30.3. The third kappa shape index (κ3) is 9.99. The molecule has 0 aliphatic carbocycles. The molecule has 2 amide bonds. The number of amides is 2. The third-order valence-electron chi connectivity index (χ3n) is 7.43. The summed E-state index contributed by atoms with van der Waals surface area (Å²) in [6.07, 6.45) is 3.14. The lowest BCUT2D eigenvalue weighted by Crippen LogP contribution is -2.48. The van der Waals surface area contributed by atoms with E-state index in [1.165, 1.54) is 6.07 Å². The van der Waals surface area contributed by atoms with Crippen LogP contribution in [0.4, 0.5) is 5.69 Å². The molecule has 42 heavy (non-hydrogen) atoms. The van der Waals surface area contributed by atoms with Crippen LogP contribution in [-0.4, -0.2) is 93.0 Å². The molecular weight excluding hydrogens is 558 g/mol. The molecule has 2 N–H and O–H groups in total. The molecule has 1 aliphatic heterocycles. The number of likely N-dealkylation sites (N-methyl/N-ethyl adjacent to an activating group) is 1. The maximum atomic E-state index is 14.1. The van der Waals surface area contributed by atoms with Crippen LogP contribution in [0.2, 0.25) is 0 Å². The maximum absolute atomic E-state index is 14.1. The van der Waals surface area contributed by atoms with Crippen LogP contribution in [0.1, 0.15) is 56.0 Å². The number of nitrogens with zero attached hydrogens (tertiary/aromatic N) is 2. The largest absolute Gasteiger partial charge is 0.490 e. The minimum Gasteiger partial charge on any atom is -0.490 e. The summed E-state index contributed by atoms with van der Waals surface area (Å²) in [5.41, 5.74) is 1.38. The molecule has 232 valence electrons. The van der Waals surface area contributed by atoms with Crippen LogP contribution in [0.5, 0.6) is 5.75 Å². The molecule has 1 heterocycles. The molecule has 1 aliphatic rings. The second-order valence-electron chi connectivity index (χ2n) is 11.3. The van der Waals surface area contributed by atoms with Gasteiger partial charge in [0.1, 0.15) is 5.75 Å². The van der Waals surface area contributed by atoms with E-state index >= 15 is 0 Å². The molecule has 0 radical (unpaired) electrons. The molecule has 4 atom stereocenters. The Hall–Kier alpha value is -3.15. The minimum absolute atomic E-state index is 0.0288. The Kier molecular flexibility index (Phi) is 12.2. The highest BCUT2D eigenvalue weighted by Gasteiger charge is 2.31. The summed E-state index contributed by atoms with van der Waals surface area (Å²) < 4.78 is 38.7. The third-order valence-corrected chi connectivity index (χ3v) is 8.04. The van der Waals surface area contributed by atoms with Crippen molar-refractivity contribution in [3.05, 3.63) is 59.7 Å². The van der Waals surface area contributed by atoms with Gasteiger partial charge in [-0.2, -0.15) is 0 Å². The van der Waals surface area contributed by atoms with E-state index in [9.17, 15) is 23.1 Å². The number of nitrogens with one attached hydrogen (secondary N) is 1. The summed E-state index contributed by atoms with van der Waals surface area (Å²) in [6, 6.07) is 13.7. The smallest absolute Gasteiger partial charge is 0.258 e. The number of carbonyl (C=O) groups excluding carboxylic acids is 2. The molecule has 2 aromatic rings. The summed E-state index contributed by atoms with van der Waals surface area (Å²) in [5.74, 6) is -0.269. The summed E-state index contributed by atoms with van der Waals surface area (Å²) in [6.45, 7) is 6.47. The summed E-state index contributed by atoms with van der Waals surface area (Å²) in [5, 5.41) is 10.1. The van der Waals surface area contributed by atoms with Crippen molar-refractivity contribution >= 4 is 27.5 Å². The number of benzene rings is 2. The fourth-order valence-corrected chi connectivity index (χ4v) is 5.50. The Bertz CT molecular complexity index is 1290. The SMILES string of the molecule is C[C@@H]1CCCCO[C@H](CN(C)C(=O)Cc2ccccc2)[C@@H](C)CN([C@@H](C)CO)C(=O)c2cc(NS(C)(=O)=O)ccc2O1. The minimum atomic E-state index is -3.57. The van der Waals surface area contributed by atoms with Gasteiger partial charge in [-0.1, -0.05) is 37.3 Å². The molecule has 10 nitrogen and oxygen atoms in total. The number of hydrogen-bond acceptors (Lipinski definition) is 7. The van der Waals surface area contributed by atoms with Gasteiger partial charge < -0.3 is 24.4 Å². The van der Waals surface area contributed by atoms with Gasteiger partial charge in [0, 0.05) is 38.3 Å². The van der Waals surface area contributed by atoms with Crippen LogP contribution < -0.4 is 9.46 Å². The first kappa shape index (κ1) is 33.4. The number of aliphatic hydroxyl groups is 1. The highest BCUT2D eigenvalue weighted by atomic mass is 32.2. The van der Waals surface area contributed by atoms with Gasteiger partial charge in [-0.25, -0.2) is 8.42 Å². The molecule has 0 fully saturated rings. The van der Waals surface area contributed by atoms with Crippen molar-refractivity contribution in [1.29, 1.82) is 0 Å². The number of carbonyl (C=O) groups is 2. The topological polar surface area (TPSA) is 125 Å². The first-order valence-corrected chi connectivity index (χ1v) is 16.4. The Labute approximate surface area is 250 Å². The Balaban J connectivity index is 1.91. The molecule has 3 rings (SSSR count). The van der Waals surface area contributed by atoms with E-state index in [2.05, 4.69) is 4.72 Å². The van der Waals surface area contributed by atoms with E-state index in [0.29, 0.717) is 18.9 Å². The van der Waals surface area contributed by atoms with E-state index in [1.54, 1.807) is 35.9 Å². The quantitative estimate of drug-likeness (QED) is 0.473. The first-order valence-electron chi connectivity index (χ1n) is 14.5.